The second kappa shape index (κ2) is 14.5. The minimum Gasteiger partial charge on any atom is -0.508 e. The average Bonchev–Trinajstić information content (AvgIpc) is 3.93. The van der Waals surface area contributed by atoms with Crippen LogP contribution in [0.3, 0.4) is 0 Å². The van der Waals surface area contributed by atoms with Gasteiger partial charge in [-0.15, -0.1) is 0 Å². The predicted octanol–water partition coefficient (Wildman–Crippen LogP) is 9.73. The minimum atomic E-state index is 0.211. The molecule has 0 aliphatic rings. The first-order valence-corrected chi connectivity index (χ1v) is 17.3. The molecule has 6 nitrogen and oxygen atoms in total. The van der Waals surface area contributed by atoms with Crippen molar-refractivity contribution >= 4 is 0 Å². The third-order valence-corrected chi connectivity index (χ3v) is 9.34. The second-order valence-corrected chi connectivity index (χ2v) is 12.8. The maximum atomic E-state index is 9.97. The maximum Gasteiger partial charge on any atom is 0.119 e. The van der Waals surface area contributed by atoms with Crippen molar-refractivity contribution in [3.8, 4) is 50.6 Å². The number of rotatable bonds is 11. The number of nitrogens with zero attached hydrogens (tertiary/aromatic N) is 5. The van der Waals surface area contributed by atoms with Crippen molar-refractivity contribution in [2.75, 3.05) is 0 Å². The summed E-state index contributed by atoms with van der Waals surface area (Å²) in [7, 11) is 0. The van der Waals surface area contributed by atoms with Crippen LogP contribution in [0.15, 0.2) is 171 Å². The van der Waals surface area contributed by atoms with Gasteiger partial charge in [0.15, 0.2) is 0 Å². The van der Waals surface area contributed by atoms with E-state index < -0.39 is 0 Å². The van der Waals surface area contributed by atoms with E-state index in [4.69, 9.17) is 0 Å². The summed E-state index contributed by atoms with van der Waals surface area (Å²) in [6, 6.07) is 48.8. The fraction of sp³-hybridized carbons (Fsp3) is 0.0889. The van der Waals surface area contributed by atoms with Crippen molar-refractivity contribution in [1.29, 1.82) is 0 Å². The summed E-state index contributed by atoms with van der Waals surface area (Å²) < 4.78 is 3.78. The Hall–Kier alpha value is -6.53. The van der Waals surface area contributed by atoms with Crippen LogP contribution in [-0.2, 0) is 25.7 Å². The normalized spacial score (nSPS) is 11.1. The van der Waals surface area contributed by atoms with E-state index in [1.165, 1.54) is 38.9 Å². The van der Waals surface area contributed by atoms with Gasteiger partial charge in [0.1, 0.15) is 5.75 Å². The summed E-state index contributed by atoms with van der Waals surface area (Å²) in [4.78, 5) is 4.44. The SMILES string of the molecule is Oc1ccnc(-c2ccc(-c3ccccc3-c3cc(CCc4ccc(-n5cccn5)cc4)cc(CCc4ccc(-n5cccn5)cc4)c3)cc2)c1. The molecule has 6 heteroatoms. The third kappa shape index (κ3) is 7.41. The topological polar surface area (TPSA) is 68.8 Å². The third-order valence-electron chi connectivity index (χ3n) is 9.34. The largest absolute Gasteiger partial charge is 0.508 e. The zero-order valence-electron chi connectivity index (χ0n) is 28.2. The lowest BCUT2D eigenvalue weighted by molar-refractivity contribution is 0.475. The highest BCUT2D eigenvalue weighted by Crippen LogP contribution is 2.35. The number of benzene rings is 5. The number of aromatic hydroxyl groups is 1. The maximum absolute atomic E-state index is 9.97. The van der Waals surface area contributed by atoms with Gasteiger partial charge in [-0.2, -0.15) is 10.2 Å². The molecule has 8 rings (SSSR count). The standard InChI is InChI=1S/C45H37N5O/c51-42-23-26-46-45(32-42)38-17-15-37(16-18-38)43-5-1-2-6-44(43)39-30-35(9-7-33-11-19-40(20-12-33)49-27-3-24-47-49)29-36(31-39)10-8-34-13-21-41(22-14-34)50-28-4-25-48-50/h1-6,11-32H,7-10H2,(H,46,51). The fourth-order valence-electron chi connectivity index (χ4n) is 6.64. The van der Waals surface area contributed by atoms with Gasteiger partial charge in [0, 0.05) is 42.6 Å². The van der Waals surface area contributed by atoms with Crippen LogP contribution in [-0.4, -0.2) is 29.7 Å². The molecule has 3 aromatic heterocycles. The van der Waals surface area contributed by atoms with E-state index in [0.717, 1.165) is 53.9 Å². The van der Waals surface area contributed by atoms with Crippen LogP contribution in [0, 0.1) is 0 Å². The van der Waals surface area contributed by atoms with Crippen LogP contribution in [0.1, 0.15) is 22.3 Å². The zero-order valence-corrected chi connectivity index (χ0v) is 28.2. The summed E-state index contributed by atoms with van der Waals surface area (Å²) in [6.45, 7) is 0. The number of pyridine rings is 1. The van der Waals surface area contributed by atoms with E-state index in [9.17, 15) is 5.11 Å². The molecule has 0 bridgehead atoms. The van der Waals surface area contributed by atoms with Crippen molar-refractivity contribution in [3.05, 3.63) is 193 Å². The van der Waals surface area contributed by atoms with Gasteiger partial charge in [-0.25, -0.2) is 9.36 Å². The van der Waals surface area contributed by atoms with Crippen molar-refractivity contribution in [2.24, 2.45) is 0 Å². The van der Waals surface area contributed by atoms with Crippen molar-refractivity contribution in [1.82, 2.24) is 24.5 Å². The molecule has 248 valence electrons. The number of aryl methyl sites for hydroxylation is 4. The zero-order chi connectivity index (χ0) is 34.4. The summed E-state index contributed by atoms with van der Waals surface area (Å²) in [5, 5.41) is 18.7. The predicted molar refractivity (Wildman–Crippen MR) is 204 cm³/mol. The lowest BCUT2D eigenvalue weighted by Gasteiger charge is -2.15. The van der Waals surface area contributed by atoms with Gasteiger partial charge < -0.3 is 5.11 Å². The molecule has 0 saturated carbocycles. The van der Waals surface area contributed by atoms with Crippen LogP contribution < -0.4 is 0 Å². The molecule has 0 radical (unpaired) electrons. The molecule has 8 aromatic rings. The van der Waals surface area contributed by atoms with E-state index in [0.29, 0.717) is 0 Å². The summed E-state index contributed by atoms with van der Waals surface area (Å²) in [6.07, 6.45) is 12.9. The van der Waals surface area contributed by atoms with E-state index in [2.05, 4.69) is 130 Å². The highest BCUT2D eigenvalue weighted by molar-refractivity contribution is 5.84. The highest BCUT2D eigenvalue weighted by atomic mass is 16.3. The summed E-state index contributed by atoms with van der Waals surface area (Å²) in [5.41, 5.74) is 13.8. The Morgan fingerprint density at radius 1 is 0.431 bits per heavy atom. The van der Waals surface area contributed by atoms with Gasteiger partial charge in [-0.3, -0.25) is 4.98 Å². The van der Waals surface area contributed by atoms with E-state index in [1.807, 2.05) is 33.9 Å². The van der Waals surface area contributed by atoms with Gasteiger partial charge in [-0.05, 0) is 113 Å². The first-order chi connectivity index (χ1) is 25.1. The van der Waals surface area contributed by atoms with Gasteiger partial charge in [0.2, 0.25) is 0 Å². The van der Waals surface area contributed by atoms with Crippen LogP contribution in [0.25, 0.3) is 44.9 Å². The first-order valence-electron chi connectivity index (χ1n) is 17.3. The molecule has 0 fully saturated rings. The van der Waals surface area contributed by atoms with Gasteiger partial charge in [0.25, 0.3) is 0 Å². The first kappa shape index (κ1) is 31.7. The fourth-order valence-corrected chi connectivity index (χ4v) is 6.64. The molecule has 0 saturated heterocycles. The highest BCUT2D eigenvalue weighted by Gasteiger charge is 2.12. The Morgan fingerprint density at radius 3 is 1.45 bits per heavy atom. The smallest absolute Gasteiger partial charge is 0.119 e. The number of hydrogen-bond acceptors (Lipinski definition) is 4. The Balaban J connectivity index is 1.08. The van der Waals surface area contributed by atoms with Gasteiger partial charge >= 0.3 is 0 Å². The molecule has 1 N–H and O–H groups in total. The van der Waals surface area contributed by atoms with E-state index in [-0.39, 0.29) is 5.75 Å². The van der Waals surface area contributed by atoms with Crippen molar-refractivity contribution < 1.29 is 5.11 Å². The van der Waals surface area contributed by atoms with E-state index in [1.54, 1.807) is 30.7 Å². The van der Waals surface area contributed by atoms with Crippen LogP contribution in [0.5, 0.6) is 5.75 Å². The molecular formula is C45H37N5O. The lowest BCUT2D eigenvalue weighted by Crippen LogP contribution is -1.99. The van der Waals surface area contributed by atoms with Crippen molar-refractivity contribution in [2.45, 2.75) is 25.7 Å². The lowest BCUT2D eigenvalue weighted by atomic mass is 9.90. The quantitative estimate of drug-likeness (QED) is 0.150. The minimum absolute atomic E-state index is 0.211. The molecule has 5 aromatic carbocycles. The van der Waals surface area contributed by atoms with E-state index >= 15 is 0 Å². The number of aromatic nitrogens is 5. The second-order valence-electron chi connectivity index (χ2n) is 12.8. The Morgan fingerprint density at radius 2 is 0.941 bits per heavy atom. The molecule has 0 aliphatic heterocycles. The molecule has 0 unspecified atom stereocenters. The molecule has 51 heavy (non-hydrogen) atoms. The van der Waals surface area contributed by atoms with Gasteiger partial charge in [0.05, 0.1) is 17.1 Å². The van der Waals surface area contributed by atoms with Crippen LogP contribution in [0.2, 0.25) is 0 Å². The monoisotopic (exact) mass is 663 g/mol. The van der Waals surface area contributed by atoms with Crippen LogP contribution >= 0.6 is 0 Å². The van der Waals surface area contributed by atoms with Crippen molar-refractivity contribution in [3.63, 3.8) is 0 Å². The average molecular weight is 664 g/mol. The molecular weight excluding hydrogens is 627 g/mol. The molecule has 0 atom stereocenters. The van der Waals surface area contributed by atoms with Gasteiger partial charge in [-0.1, -0.05) is 91.0 Å². The van der Waals surface area contributed by atoms with Crippen LogP contribution in [0.4, 0.5) is 0 Å². The molecule has 0 amide bonds. The Kier molecular flexibility index (Phi) is 9.03. The Bertz CT molecular complexity index is 2240. The summed E-state index contributed by atoms with van der Waals surface area (Å²) >= 11 is 0. The molecule has 0 spiro atoms. The molecule has 3 heterocycles. The summed E-state index contributed by atoms with van der Waals surface area (Å²) in [5.74, 6) is 0.211. The molecule has 0 aliphatic carbocycles. The Labute approximate surface area is 298 Å². The number of hydrogen-bond donors (Lipinski definition) is 1.